The number of nitrogens with one attached hydrogen (secondary N) is 1. The third-order valence-corrected chi connectivity index (χ3v) is 7.40. The van der Waals surface area contributed by atoms with Gasteiger partial charge in [-0.2, -0.15) is 0 Å². The summed E-state index contributed by atoms with van der Waals surface area (Å²) in [6, 6.07) is 11.1. The van der Waals surface area contributed by atoms with Gasteiger partial charge >= 0.3 is 0 Å². The number of halogens is 2. The second kappa shape index (κ2) is 12.6. The van der Waals surface area contributed by atoms with E-state index in [1.165, 1.54) is 4.90 Å². The molecule has 0 heterocycles. The topological polar surface area (TPSA) is 86.8 Å². The number of benzene rings is 2. The normalized spacial score (nSPS) is 12.3. The number of rotatable bonds is 11. The molecule has 1 N–H and O–H groups in total. The van der Waals surface area contributed by atoms with Crippen molar-refractivity contribution in [2.24, 2.45) is 5.92 Å². The number of anilines is 1. The molecule has 0 saturated heterocycles. The summed E-state index contributed by atoms with van der Waals surface area (Å²) in [5.74, 6) is -0.688. The van der Waals surface area contributed by atoms with E-state index in [4.69, 9.17) is 23.2 Å². The van der Waals surface area contributed by atoms with Crippen LogP contribution >= 0.6 is 23.2 Å². The number of hydrogen-bond acceptors (Lipinski definition) is 4. The second-order valence-corrected chi connectivity index (χ2v) is 11.5. The number of aryl methyl sites for hydroxylation is 1. The molecule has 35 heavy (non-hydrogen) atoms. The molecular formula is C25H33Cl2N3O4S. The third kappa shape index (κ3) is 8.12. The number of hydrogen-bond donors (Lipinski definition) is 1. The van der Waals surface area contributed by atoms with Gasteiger partial charge in [-0.3, -0.25) is 13.9 Å². The maximum absolute atomic E-state index is 13.6. The lowest BCUT2D eigenvalue weighted by molar-refractivity contribution is -0.139. The second-order valence-electron chi connectivity index (χ2n) is 8.83. The Morgan fingerprint density at radius 2 is 1.57 bits per heavy atom. The van der Waals surface area contributed by atoms with Crippen LogP contribution in [0.3, 0.4) is 0 Å². The number of carbonyl (C=O) groups is 2. The highest BCUT2D eigenvalue weighted by Gasteiger charge is 2.31. The van der Waals surface area contributed by atoms with E-state index in [2.05, 4.69) is 5.32 Å². The molecule has 0 aliphatic carbocycles. The van der Waals surface area contributed by atoms with E-state index >= 15 is 0 Å². The Bertz CT molecular complexity index is 1120. The summed E-state index contributed by atoms with van der Waals surface area (Å²) in [6.45, 7) is 7.43. The molecule has 7 nitrogen and oxygen atoms in total. The molecule has 2 aromatic rings. The zero-order valence-corrected chi connectivity index (χ0v) is 23.0. The molecule has 192 valence electrons. The number of sulfonamides is 1. The lowest BCUT2D eigenvalue weighted by Crippen LogP contribution is -2.51. The van der Waals surface area contributed by atoms with Crippen molar-refractivity contribution in [2.75, 3.05) is 23.7 Å². The molecule has 2 aromatic carbocycles. The molecule has 1 atom stereocenters. The zero-order valence-electron chi connectivity index (χ0n) is 20.7. The van der Waals surface area contributed by atoms with Gasteiger partial charge in [-0.25, -0.2) is 8.42 Å². The van der Waals surface area contributed by atoms with Crippen LogP contribution in [0.25, 0.3) is 0 Å². The van der Waals surface area contributed by atoms with E-state index < -0.39 is 28.5 Å². The van der Waals surface area contributed by atoms with E-state index in [-0.39, 0.29) is 18.4 Å². The molecule has 0 fully saturated rings. The Kier molecular flexibility index (Phi) is 10.4. The molecule has 0 aliphatic rings. The highest BCUT2D eigenvalue weighted by Crippen LogP contribution is 2.27. The minimum atomic E-state index is -3.79. The van der Waals surface area contributed by atoms with Crippen molar-refractivity contribution in [3.05, 3.63) is 63.6 Å². The van der Waals surface area contributed by atoms with E-state index in [9.17, 15) is 18.0 Å². The fraction of sp³-hybridized carbons (Fsp3) is 0.440. The average molecular weight is 543 g/mol. The quantitative estimate of drug-likeness (QED) is 0.453. The van der Waals surface area contributed by atoms with Crippen LogP contribution in [0.15, 0.2) is 42.5 Å². The van der Waals surface area contributed by atoms with Crippen molar-refractivity contribution in [1.29, 1.82) is 0 Å². The lowest BCUT2D eigenvalue weighted by Gasteiger charge is -2.32. The number of nitrogens with zero attached hydrogens (tertiary/aromatic N) is 2. The standard InChI is InChI=1S/C25H33Cl2N3O4S/c1-6-19-10-12-20(13-11-19)30(35(5,33)34)16-24(31)29(18(4)25(32)28-14-17(2)3)15-21-22(26)8-7-9-23(21)27/h7-13,17-18H,6,14-16H2,1-5H3,(H,28,32)/t18-/m1/s1. The van der Waals surface area contributed by atoms with Crippen molar-refractivity contribution in [3.8, 4) is 0 Å². The van der Waals surface area contributed by atoms with Crippen molar-refractivity contribution >= 4 is 50.7 Å². The lowest BCUT2D eigenvalue weighted by atomic mass is 10.1. The van der Waals surface area contributed by atoms with Gasteiger partial charge in [-0.05, 0) is 49.1 Å². The van der Waals surface area contributed by atoms with Gasteiger partial charge in [0, 0.05) is 28.7 Å². The Morgan fingerprint density at radius 1 is 1.00 bits per heavy atom. The molecule has 2 rings (SSSR count). The minimum absolute atomic E-state index is 0.0556. The van der Waals surface area contributed by atoms with Crippen LogP contribution in [0.4, 0.5) is 5.69 Å². The van der Waals surface area contributed by atoms with Crippen LogP contribution in [0.1, 0.15) is 38.8 Å². The Morgan fingerprint density at radius 3 is 2.06 bits per heavy atom. The summed E-state index contributed by atoms with van der Waals surface area (Å²) in [6.07, 6.45) is 1.84. The molecule has 0 unspecified atom stereocenters. The number of carbonyl (C=O) groups excluding carboxylic acids is 2. The Balaban J connectivity index is 2.42. The zero-order chi connectivity index (χ0) is 26.3. The maximum atomic E-state index is 13.6. The van der Waals surface area contributed by atoms with Gasteiger partial charge in [0.25, 0.3) is 0 Å². The van der Waals surface area contributed by atoms with Gasteiger partial charge in [0.15, 0.2) is 0 Å². The van der Waals surface area contributed by atoms with Gasteiger partial charge in [0.05, 0.1) is 11.9 Å². The monoisotopic (exact) mass is 541 g/mol. The van der Waals surface area contributed by atoms with Gasteiger partial charge in [-0.15, -0.1) is 0 Å². The van der Waals surface area contributed by atoms with Crippen LogP contribution in [-0.4, -0.2) is 50.5 Å². The SMILES string of the molecule is CCc1ccc(N(CC(=O)N(Cc2c(Cl)cccc2Cl)[C@H](C)C(=O)NCC(C)C)S(C)(=O)=O)cc1. The van der Waals surface area contributed by atoms with Crippen LogP contribution in [0.5, 0.6) is 0 Å². The highest BCUT2D eigenvalue weighted by molar-refractivity contribution is 7.92. The van der Waals surface area contributed by atoms with Crippen molar-refractivity contribution in [3.63, 3.8) is 0 Å². The first kappa shape index (κ1) is 28.9. The highest BCUT2D eigenvalue weighted by atomic mass is 35.5. The van der Waals surface area contributed by atoms with Crippen LogP contribution in [-0.2, 0) is 32.6 Å². The maximum Gasteiger partial charge on any atom is 0.244 e. The molecule has 2 amide bonds. The summed E-state index contributed by atoms with van der Waals surface area (Å²) < 4.78 is 26.3. The van der Waals surface area contributed by atoms with Gasteiger partial charge in [0.1, 0.15) is 12.6 Å². The smallest absolute Gasteiger partial charge is 0.244 e. The first-order chi connectivity index (χ1) is 16.3. The molecule has 0 spiro atoms. The predicted octanol–water partition coefficient (Wildman–Crippen LogP) is 4.51. The molecule has 0 aromatic heterocycles. The Labute approximate surface area is 218 Å². The Hall–Kier alpha value is -2.29. The first-order valence-corrected chi connectivity index (χ1v) is 14.0. The van der Waals surface area contributed by atoms with Crippen molar-refractivity contribution in [1.82, 2.24) is 10.2 Å². The molecule has 0 aliphatic heterocycles. The summed E-state index contributed by atoms with van der Waals surface area (Å²) in [7, 11) is -3.79. The fourth-order valence-electron chi connectivity index (χ4n) is 3.40. The summed E-state index contributed by atoms with van der Waals surface area (Å²) in [5, 5.41) is 3.52. The van der Waals surface area contributed by atoms with Crippen LogP contribution in [0.2, 0.25) is 10.0 Å². The van der Waals surface area contributed by atoms with E-state index in [0.717, 1.165) is 22.5 Å². The van der Waals surface area contributed by atoms with E-state index in [1.54, 1.807) is 37.3 Å². The van der Waals surface area contributed by atoms with Gasteiger partial charge < -0.3 is 10.2 Å². The molecule has 10 heteroatoms. The first-order valence-electron chi connectivity index (χ1n) is 11.4. The molecule has 0 bridgehead atoms. The summed E-state index contributed by atoms with van der Waals surface area (Å²) in [4.78, 5) is 27.7. The van der Waals surface area contributed by atoms with Crippen LogP contribution in [0, 0.1) is 5.92 Å². The molecular weight excluding hydrogens is 509 g/mol. The van der Waals surface area contributed by atoms with Crippen molar-refractivity contribution in [2.45, 2.75) is 46.7 Å². The minimum Gasteiger partial charge on any atom is -0.354 e. The third-order valence-electron chi connectivity index (χ3n) is 5.55. The summed E-state index contributed by atoms with van der Waals surface area (Å²) in [5.41, 5.74) is 1.88. The predicted molar refractivity (Wildman–Crippen MR) is 142 cm³/mol. The van der Waals surface area contributed by atoms with Gasteiger partial charge in [0.2, 0.25) is 21.8 Å². The van der Waals surface area contributed by atoms with Crippen molar-refractivity contribution < 1.29 is 18.0 Å². The molecule has 0 saturated carbocycles. The van der Waals surface area contributed by atoms with E-state index in [0.29, 0.717) is 27.8 Å². The fourth-order valence-corrected chi connectivity index (χ4v) is 4.77. The largest absolute Gasteiger partial charge is 0.354 e. The van der Waals surface area contributed by atoms with Crippen LogP contribution < -0.4 is 9.62 Å². The molecule has 0 radical (unpaired) electrons. The van der Waals surface area contributed by atoms with E-state index in [1.807, 2.05) is 32.9 Å². The number of amides is 2. The average Bonchev–Trinajstić information content (AvgIpc) is 2.79. The summed E-state index contributed by atoms with van der Waals surface area (Å²) >= 11 is 12.7. The van der Waals surface area contributed by atoms with Gasteiger partial charge in [-0.1, -0.05) is 62.2 Å².